The number of ketones is 1. The Balaban J connectivity index is 0.00000176. The molecule has 0 radical (unpaired) electrons. The summed E-state index contributed by atoms with van der Waals surface area (Å²) in [7, 11) is 0. The minimum atomic E-state index is -0.116. The second-order valence-electron chi connectivity index (χ2n) is 5.30. The fourth-order valence-corrected chi connectivity index (χ4v) is 2.71. The number of benzene rings is 1. The van der Waals surface area contributed by atoms with Gasteiger partial charge in [0, 0.05) is 18.2 Å². The van der Waals surface area contributed by atoms with Gasteiger partial charge in [-0.2, -0.15) is 0 Å². The molecule has 22 heavy (non-hydrogen) atoms. The largest absolute Gasteiger partial charge is 1.00 e. The quantitative estimate of drug-likeness (QED) is 0.579. The maximum atomic E-state index is 12.1. The summed E-state index contributed by atoms with van der Waals surface area (Å²) in [6, 6.07) is 11.5. The molecule has 2 heterocycles. The number of para-hydroxylation sites is 1. The number of Topliss-reactive ketones (excluding diaryl/α,β-unsaturated/α-hetero) is 1. The van der Waals surface area contributed by atoms with Gasteiger partial charge in [0.25, 0.3) is 0 Å². The number of aryl methyl sites for hydroxylation is 1. The molecule has 3 rings (SSSR count). The van der Waals surface area contributed by atoms with E-state index < -0.39 is 0 Å². The number of anilines is 1. The molecule has 5 heteroatoms. The number of aromatic nitrogens is 1. The smallest absolute Gasteiger partial charge is 0.232 e. The van der Waals surface area contributed by atoms with Crippen LogP contribution in [0, 0.1) is 0 Å². The molecule has 0 bridgehead atoms. The first-order valence-electron chi connectivity index (χ1n) is 7.05. The van der Waals surface area contributed by atoms with Crippen molar-refractivity contribution in [2.45, 2.75) is 25.8 Å². The van der Waals surface area contributed by atoms with Crippen LogP contribution < -0.4 is 26.9 Å². The van der Waals surface area contributed by atoms with Crippen molar-refractivity contribution < 1.29 is 31.1 Å². The van der Waals surface area contributed by atoms with E-state index in [4.69, 9.17) is 0 Å². The molecular weight excluding hydrogens is 344 g/mol. The van der Waals surface area contributed by atoms with Crippen molar-refractivity contribution in [3.8, 4) is 0 Å². The number of pyridine rings is 1. The van der Waals surface area contributed by atoms with E-state index in [0.717, 1.165) is 17.7 Å². The van der Waals surface area contributed by atoms with E-state index in [1.54, 1.807) is 13.0 Å². The molecule has 1 amide bonds. The average molecular weight is 361 g/mol. The monoisotopic (exact) mass is 360 g/mol. The van der Waals surface area contributed by atoms with Gasteiger partial charge in [-0.25, -0.2) is 4.57 Å². The Hall–Kier alpha value is -2.01. The minimum Gasteiger partial charge on any atom is -1.00 e. The SMILES string of the molecule is CC(=O)c1ccc[n+](CCC2C(=O)Nc3ccccc32)c1.[Br-]. The lowest BCUT2D eigenvalue weighted by Gasteiger charge is -2.06. The maximum Gasteiger partial charge on any atom is 0.232 e. The van der Waals surface area contributed by atoms with E-state index in [1.807, 2.05) is 47.3 Å². The molecule has 1 N–H and O–H groups in total. The zero-order valence-corrected chi connectivity index (χ0v) is 13.8. The van der Waals surface area contributed by atoms with E-state index in [0.29, 0.717) is 12.1 Å². The van der Waals surface area contributed by atoms with Gasteiger partial charge in [-0.15, -0.1) is 0 Å². The van der Waals surface area contributed by atoms with Crippen LogP contribution in [0.3, 0.4) is 0 Å². The molecular formula is C17H17BrN2O2. The van der Waals surface area contributed by atoms with Crippen LogP contribution in [-0.4, -0.2) is 11.7 Å². The number of carbonyl (C=O) groups excluding carboxylic acids is 2. The summed E-state index contributed by atoms with van der Waals surface area (Å²) >= 11 is 0. The topological polar surface area (TPSA) is 50.0 Å². The fourth-order valence-electron chi connectivity index (χ4n) is 2.71. The Bertz CT molecular complexity index is 715. The second-order valence-corrected chi connectivity index (χ2v) is 5.30. The van der Waals surface area contributed by atoms with Gasteiger partial charge in [0.2, 0.25) is 5.91 Å². The van der Waals surface area contributed by atoms with Gasteiger partial charge in [-0.3, -0.25) is 9.59 Å². The third-order valence-corrected chi connectivity index (χ3v) is 3.85. The van der Waals surface area contributed by atoms with Gasteiger partial charge in [0.15, 0.2) is 18.2 Å². The normalized spacial score (nSPS) is 15.7. The first-order chi connectivity index (χ1) is 10.1. The van der Waals surface area contributed by atoms with Crippen LogP contribution in [0.2, 0.25) is 0 Å². The predicted octanol–water partition coefficient (Wildman–Crippen LogP) is -0.693. The van der Waals surface area contributed by atoms with Crippen LogP contribution in [0.5, 0.6) is 0 Å². The number of rotatable bonds is 4. The Labute approximate surface area is 139 Å². The van der Waals surface area contributed by atoms with E-state index in [9.17, 15) is 9.59 Å². The first-order valence-corrected chi connectivity index (χ1v) is 7.05. The van der Waals surface area contributed by atoms with Crippen LogP contribution >= 0.6 is 0 Å². The highest BCUT2D eigenvalue weighted by Gasteiger charge is 2.30. The van der Waals surface area contributed by atoms with Crippen LogP contribution in [-0.2, 0) is 11.3 Å². The van der Waals surface area contributed by atoms with E-state index in [2.05, 4.69) is 5.32 Å². The average Bonchev–Trinajstić information content (AvgIpc) is 2.81. The van der Waals surface area contributed by atoms with Crippen molar-refractivity contribution in [2.24, 2.45) is 0 Å². The molecule has 0 saturated carbocycles. The van der Waals surface area contributed by atoms with E-state index in [-0.39, 0.29) is 34.6 Å². The summed E-state index contributed by atoms with van der Waals surface area (Å²) in [6.07, 6.45) is 4.47. The number of nitrogens with one attached hydrogen (secondary N) is 1. The Morgan fingerprint density at radius 2 is 2.00 bits per heavy atom. The van der Waals surface area contributed by atoms with Crippen molar-refractivity contribution in [1.82, 2.24) is 0 Å². The number of hydrogen-bond acceptors (Lipinski definition) is 2. The number of carbonyl (C=O) groups is 2. The van der Waals surface area contributed by atoms with Crippen molar-refractivity contribution in [2.75, 3.05) is 5.32 Å². The maximum absolute atomic E-state index is 12.1. The molecule has 4 nitrogen and oxygen atoms in total. The first kappa shape index (κ1) is 16.4. The highest BCUT2D eigenvalue weighted by Crippen LogP contribution is 2.34. The molecule has 1 aromatic carbocycles. The molecule has 1 unspecified atom stereocenters. The summed E-state index contributed by atoms with van der Waals surface area (Å²) in [4.78, 5) is 23.4. The number of hydrogen-bond donors (Lipinski definition) is 1. The van der Waals surface area contributed by atoms with Gasteiger partial charge in [0.1, 0.15) is 6.54 Å². The lowest BCUT2D eigenvalue weighted by molar-refractivity contribution is -0.697. The van der Waals surface area contributed by atoms with Gasteiger partial charge in [-0.05, 0) is 24.6 Å². The zero-order chi connectivity index (χ0) is 14.8. The summed E-state index contributed by atoms with van der Waals surface area (Å²) in [6.45, 7) is 2.26. The lowest BCUT2D eigenvalue weighted by Crippen LogP contribution is -3.00. The Morgan fingerprint density at radius 1 is 1.23 bits per heavy atom. The number of nitrogens with zero attached hydrogens (tertiary/aromatic N) is 1. The molecule has 1 aliphatic heterocycles. The summed E-state index contributed by atoms with van der Waals surface area (Å²) in [5.74, 6) is -0.0116. The van der Waals surface area contributed by atoms with Crippen molar-refractivity contribution in [3.05, 3.63) is 59.9 Å². The number of fused-ring (bicyclic) bond motifs is 1. The predicted molar refractivity (Wildman–Crippen MR) is 79.1 cm³/mol. The van der Waals surface area contributed by atoms with E-state index in [1.165, 1.54) is 0 Å². The third kappa shape index (κ3) is 3.25. The molecule has 2 aromatic rings. The molecule has 1 aliphatic rings. The van der Waals surface area contributed by atoms with Crippen molar-refractivity contribution in [1.29, 1.82) is 0 Å². The lowest BCUT2D eigenvalue weighted by atomic mass is 9.97. The molecule has 1 atom stereocenters. The zero-order valence-electron chi connectivity index (χ0n) is 12.3. The molecule has 0 spiro atoms. The summed E-state index contributed by atoms with van der Waals surface area (Å²) in [5, 5.41) is 2.91. The third-order valence-electron chi connectivity index (χ3n) is 3.85. The van der Waals surface area contributed by atoms with Gasteiger partial charge >= 0.3 is 0 Å². The highest BCUT2D eigenvalue weighted by molar-refractivity contribution is 6.02. The van der Waals surface area contributed by atoms with Crippen LogP contribution in [0.4, 0.5) is 5.69 Å². The fraction of sp³-hybridized carbons (Fsp3) is 0.235. The van der Waals surface area contributed by atoms with Crippen LogP contribution in [0.25, 0.3) is 0 Å². The minimum absolute atomic E-state index is 0. The van der Waals surface area contributed by atoms with Crippen LogP contribution in [0.15, 0.2) is 48.8 Å². The van der Waals surface area contributed by atoms with Crippen molar-refractivity contribution >= 4 is 17.4 Å². The van der Waals surface area contributed by atoms with Crippen molar-refractivity contribution in [3.63, 3.8) is 0 Å². The Kier molecular flexibility index (Phi) is 5.08. The number of halogens is 1. The molecule has 1 aromatic heterocycles. The molecule has 0 saturated heterocycles. The summed E-state index contributed by atoms with van der Waals surface area (Å²) in [5.41, 5.74) is 2.66. The molecule has 0 fully saturated rings. The van der Waals surface area contributed by atoms with Gasteiger partial charge in [0.05, 0.1) is 11.5 Å². The number of amides is 1. The highest BCUT2D eigenvalue weighted by atomic mass is 79.9. The standard InChI is InChI=1S/C17H16N2O2.BrH/c1-12(20)13-5-4-9-19(11-13)10-8-15-14-6-2-3-7-16(14)18-17(15)21;/h2-7,9,11,15H,8,10H2,1H3;1H. The van der Waals surface area contributed by atoms with Gasteiger partial charge < -0.3 is 22.3 Å². The van der Waals surface area contributed by atoms with Gasteiger partial charge in [-0.1, -0.05) is 18.2 Å². The molecule has 0 aliphatic carbocycles. The Morgan fingerprint density at radius 3 is 2.77 bits per heavy atom. The molecule has 114 valence electrons. The second kappa shape index (κ2) is 6.83. The van der Waals surface area contributed by atoms with E-state index >= 15 is 0 Å². The summed E-state index contributed by atoms with van der Waals surface area (Å²) < 4.78 is 1.96. The van der Waals surface area contributed by atoms with Crippen LogP contribution in [0.1, 0.15) is 35.2 Å².